The minimum atomic E-state index is -0.542. The Bertz CT molecular complexity index is 800. The lowest BCUT2D eigenvalue weighted by Crippen LogP contribution is -2.47. The van der Waals surface area contributed by atoms with Crippen molar-refractivity contribution in [3.05, 3.63) is 39.2 Å². The lowest BCUT2D eigenvalue weighted by Gasteiger charge is -2.25. The van der Waals surface area contributed by atoms with E-state index in [9.17, 15) is 9.59 Å². The number of aryl methyl sites for hydroxylation is 1. The summed E-state index contributed by atoms with van der Waals surface area (Å²) in [7, 11) is 0. The number of amides is 2. The van der Waals surface area contributed by atoms with Crippen LogP contribution in [0.3, 0.4) is 0 Å². The van der Waals surface area contributed by atoms with Gasteiger partial charge >= 0.3 is 0 Å². The highest BCUT2D eigenvalue weighted by Gasteiger charge is 2.27. The highest BCUT2D eigenvalue weighted by atomic mass is 35.5. The van der Waals surface area contributed by atoms with Gasteiger partial charge in [-0.2, -0.15) is 0 Å². The van der Waals surface area contributed by atoms with E-state index in [0.29, 0.717) is 11.6 Å². The summed E-state index contributed by atoms with van der Waals surface area (Å²) in [6, 6.07) is 7.00. The zero-order valence-corrected chi connectivity index (χ0v) is 16.4. The average Bonchev–Trinajstić information content (AvgIpc) is 2.92. The SMILES string of the molecule is Cc1sc(CNC(=O)[C@@H](C)NC(=O)C2CCC2)nc1-c1ccc(Cl)cc1. The first-order chi connectivity index (χ1) is 12.4. The van der Waals surface area contributed by atoms with Crippen LogP contribution in [0.25, 0.3) is 11.3 Å². The molecule has 0 spiro atoms. The molecule has 1 heterocycles. The van der Waals surface area contributed by atoms with Crippen LogP contribution in [0.15, 0.2) is 24.3 Å². The fourth-order valence-electron chi connectivity index (χ4n) is 2.79. The van der Waals surface area contributed by atoms with Crippen LogP contribution in [0, 0.1) is 12.8 Å². The fraction of sp³-hybridized carbons (Fsp3) is 0.421. The third kappa shape index (κ3) is 4.43. The predicted molar refractivity (Wildman–Crippen MR) is 104 cm³/mol. The molecule has 1 atom stereocenters. The Hall–Kier alpha value is -1.92. The van der Waals surface area contributed by atoms with E-state index in [1.54, 1.807) is 18.3 Å². The summed E-state index contributed by atoms with van der Waals surface area (Å²) >= 11 is 7.48. The van der Waals surface area contributed by atoms with E-state index in [1.165, 1.54) is 0 Å². The molecule has 7 heteroatoms. The van der Waals surface area contributed by atoms with Crippen LogP contribution in [0.5, 0.6) is 0 Å². The number of carbonyl (C=O) groups is 2. The molecule has 0 bridgehead atoms. The largest absolute Gasteiger partial charge is 0.348 e. The number of rotatable bonds is 6. The second kappa shape index (κ2) is 8.18. The zero-order chi connectivity index (χ0) is 18.7. The molecular weight excluding hydrogens is 370 g/mol. The Labute approximate surface area is 162 Å². The first kappa shape index (κ1) is 18.9. The van der Waals surface area contributed by atoms with Gasteiger partial charge in [-0.1, -0.05) is 30.2 Å². The number of halogens is 1. The van der Waals surface area contributed by atoms with Gasteiger partial charge in [-0.3, -0.25) is 9.59 Å². The maximum atomic E-state index is 12.2. The second-order valence-electron chi connectivity index (χ2n) is 6.60. The Kier molecular flexibility index (Phi) is 5.94. The molecule has 138 valence electrons. The molecule has 0 radical (unpaired) electrons. The summed E-state index contributed by atoms with van der Waals surface area (Å²) in [6.45, 7) is 4.06. The highest BCUT2D eigenvalue weighted by molar-refractivity contribution is 7.12. The van der Waals surface area contributed by atoms with Crippen LogP contribution >= 0.6 is 22.9 Å². The van der Waals surface area contributed by atoms with E-state index in [4.69, 9.17) is 11.6 Å². The number of hydrogen-bond donors (Lipinski definition) is 2. The smallest absolute Gasteiger partial charge is 0.242 e. The minimum Gasteiger partial charge on any atom is -0.348 e. The Morgan fingerprint density at radius 1 is 1.31 bits per heavy atom. The summed E-state index contributed by atoms with van der Waals surface area (Å²) in [4.78, 5) is 29.9. The molecule has 3 rings (SSSR count). The van der Waals surface area contributed by atoms with Crippen molar-refractivity contribution in [3.63, 3.8) is 0 Å². The van der Waals surface area contributed by atoms with Crippen molar-refractivity contribution in [2.45, 2.75) is 45.7 Å². The summed E-state index contributed by atoms with van der Waals surface area (Å²) in [6.07, 6.45) is 2.94. The molecule has 1 fully saturated rings. The molecule has 1 aromatic heterocycles. The van der Waals surface area contributed by atoms with Gasteiger partial charge in [0, 0.05) is 21.4 Å². The van der Waals surface area contributed by atoms with Gasteiger partial charge in [-0.05, 0) is 38.8 Å². The minimum absolute atomic E-state index is 0.0194. The average molecular weight is 392 g/mol. The number of hydrogen-bond acceptors (Lipinski definition) is 4. The van der Waals surface area contributed by atoms with Gasteiger partial charge in [0.05, 0.1) is 12.2 Å². The first-order valence-electron chi connectivity index (χ1n) is 8.74. The van der Waals surface area contributed by atoms with Gasteiger partial charge < -0.3 is 10.6 Å². The molecule has 0 unspecified atom stereocenters. The maximum absolute atomic E-state index is 12.2. The number of benzene rings is 1. The fourth-order valence-corrected chi connectivity index (χ4v) is 3.81. The summed E-state index contributed by atoms with van der Waals surface area (Å²) < 4.78 is 0. The number of aromatic nitrogens is 1. The van der Waals surface area contributed by atoms with Crippen LogP contribution < -0.4 is 10.6 Å². The molecule has 1 saturated carbocycles. The molecule has 1 aliphatic rings. The molecule has 1 aliphatic carbocycles. The standard InChI is InChI=1S/C19H22ClN3O2S/c1-11(22-19(25)14-4-3-5-14)18(24)21-10-16-23-17(12(2)26-16)13-6-8-15(20)9-7-13/h6-9,11,14H,3-5,10H2,1-2H3,(H,21,24)(H,22,25)/t11-/m1/s1. The van der Waals surface area contributed by atoms with Gasteiger partial charge in [0.1, 0.15) is 11.0 Å². The number of nitrogens with zero attached hydrogens (tertiary/aromatic N) is 1. The molecule has 0 saturated heterocycles. The van der Waals surface area contributed by atoms with Crippen molar-refractivity contribution in [3.8, 4) is 11.3 Å². The van der Waals surface area contributed by atoms with E-state index >= 15 is 0 Å². The molecule has 26 heavy (non-hydrogen) atoms. The van der Waals surface area contributed by atoms with E-state index in [-0.39, 0.29) is 17.7 Å². The van der Waals surface area contributed by atoms with Crippen LogP contribution in [-0.2, 0) is 16.1 Å². The van der Waals surface area contributed by atoms with Crippen LogP contribution in [0.4, 0.5) is 0 Å². The van der Waals surface area contributed by atoms with Gasteiger partial charge in [0.2, 0.25) is 11.8 Å². The highest BCUT2D eigenvalue weighted by Crippen LogP contribution is 2.28. The van der Waals surface area contributed by atoms with Gasteiger partial charge in [-0.25, -0.2) is 4.98 Å². The molecule has 1 aromatic carbocycles. The van der Waals surface area contributed by atoms with Crippen LogP contribution in [0.1, 0.15) is 36.1 Å². The van der Waals surface area contributed by atoms with Crippen molar-refractivity contribution in [1.82, 2.24) is 15.6 Å². The Morgan fingerprint density at radius 2 is 2.00 bits per heavy atom. The van der Waals surface area contributed by atoms with E-state index in [0.717, 1.165) is 40.4 Å². The lowest BCUT2D eigenvalue weighted by atomic mass is 9.84. The molecule has 5 nitrogen and oxygen atoms in total. The topological polar surface area (TPSA) is 71.1 Å². The van der Waals surface area contributed by atoms with Crippen LogP contribution in [-0.4, -0.2) is 22.8 Å². The zero-order valence-electron chi connectivity index (χ0n) is 14.8. The monoisotopic (exact) mass is 391 g/mol. The normalized spacial score (nSPS) is 15.2. The van der Waals surface area contributed by atoms with Crippen molar-refractivity contribution in [2.75, 3.05) is 0 Å². The van der Waals surface area contributed by atoms with E-state index < -0.39 is 6.04 Å². The summed E-state index contributed by atoms with van der Waals surface area (Å²) in [5.74, 6) is -0.138. The van der Waals surface area contributed by atoms with Gasteiger partial charge in [0.25, 0.3) is 0 Å². The molecule has 2 amide bonds. The summed E-state index contributed by atoms with van der Waals surface area (Å²) in [5, 5.41) is 7.16. The van der Waals surface area contributed by atoms with E-state index in [1.807, 2.05) is 31.2 Å². The third-order valence-electron chi connectivity index (χ3n) is 4.60. The number of carbonyl (C=O) groups excluding carboxylic acids is 2. The predicted octanol–water partition coefficient (Wildman–Crippen LogP) is 3.69. The van der Waals surface area contributed by atoms with Gasteiger partial charge in [0.15, 0.2) is 0 Å². The van der Waals surface area contributed by atoms with E-state index in [2.05, 4.69) is 15.6 Å². The maximum Gasteiger partial charge on any atom is 0.242 e. The third-order valence-corrected chi connectivity index (χ3v) is 5.82. The molecule has 2 N–H and O–H groups in total. The molecule has 0 aliphatic heterocycles. The lowest BCUT2D eigenvalue weighted by molar-refractivity contribution is -0.132. The van der Waals surface area contributed by atoms with Crippen molar-refractivity contribution in [2.24, 2.45) is 5.92 Å². The number of nitrogens with one attached hydrogen (secondary N) is 2. The summed E-state index contributed by atoms with van der Waals surface area (Å²) in [5.41, 5.74) is 1.91. The van der Waals surface area contributed by atoms with Crippen molar-refractivity contribution in [1.29, 1.82) is 0 Å². The Morgan fingerprint density at radius 3 is 2.62 bits per heavy atom. The first-order valence-corrected chi connectivity index (χ1v) is 9.94. The quantitative estimate of drug-likeness (QED) is 0.788. The molecular formula is C19H22ClN3O2S. The number of thiazole rings is 1. The van der Waals surface area contributed by atoms with Gasteiger partial charge in [-0.15, -0.1) is 11.3 Å². The second-order valence-corrected chi connectivity index (χ2v) is 8.32. The van der Waals surface area contributed by atoms with Crippen molar-refractivity contribution >= 4 is 34.8 Å². The molecule has 2 aromatic rings. The van der Waals surface area contributed by atoms with Crippen molar-refractivity contribution < 1.29 is 9.59 Å². The Balaban J connectivity index is 1.55. The van der Waals surface area contributed by atoms with Crippen LogP contribution in [0.2, 0.25) is 5.02 Å².